The summed E-state index contributed by atoms with van der Waals surface area (Å²) in [6.07, 6.45) is 14.7. The summed E-state index contributed by atoms with van der Waals surface area (Å²) in [5, 5.41) is 0. The van der Waals surface area contributed by atoms with Crippen LogP contribution in [0.4, 0.5) is 0 Å². The molecule has 0 radical (unpaired) electrons. The number of hydrogen-bond donors (Lipinski definition) is 0. The van der Waals surface area contributed by atoms with Crippen molar-refractivity contribution in [3.8, 4) is 0 Å². The largest absolute Gasteiger partial charge is 0.0527 e. The second kappa shape index (κ2) is 2.86. The van der Waals surface area contributed by atoms with E-state index in [4.69, 9.17) is 0 Å². The van der Waals surface area contributed by atoms with Gasteiger partial charge in [0.15, 0.2) is 0 Å². The first-order valence-electron chi connectivity index (χ1n) is 8.90. The van der Waals surface area contributed by atoms with Gasteiger partial charge in [-0.25, -0.2) is 0 Å². The average Bonchev–Trinajstić information content (AvgIpc) is 3.09. The Bertz CT molecular complexity index is 412. The first-order chi connectivity index (χ1) is 8.90. The highest BCUT2D eigenvalue weighted by Gasteiger charge is 2.74. The SMILES string of the molecule is C1CC2C(C1)C1C3C2CC2CCC4(CCCC14)C23. The molecule has 6 aliphatic rings. The lowest BCUT2D eigenvalue weighted by Crippen LogP contribution is -2.27. The Labute approximate surface area is 111 Å². The summed E-state index contributed by atoms with van der Waals surface area (Å²) in [5.41, 5.74) is 0.919. The van der Waals surface area contributed by atoms with Crippen molar-refractivity contribution < 1.29 is 0 Å². The minimum Gasteiger partial charge on any atom is -0.0527 e. The molecular weight excluding hydrogens is 216 g/mol. The predicted octanol–water partition coefficient (Wildman–Crippen LogP) is 4.49. The van der Waals surface area contributed by atoms with Gasteiger partial charge in [0.25, 0.3) is 0 Å². The molecule has 0 aromatic heterocycles. The number of fused-ring (bicyclic) bond motifs is 4. The van der Waals surface area contributed by atoms with Crippen LogP contribution in [0.5, 0.6) is 0 Å². The highest BCUT2D eigenvalue weighted by Crippen LogP contribution is 2.81. The third-order valence-electron chi connectivity index (χ3n) is 9.11. The molecule has 6 saturated carbocycles. The molecule has 6 aliphatic carbocycles. The van der Waals surface area contributed by atoms with E-state index in [-0.39, 0.29) is 0 Å². The Morgan fingerprint density at radius 1 is 0.722 bits per heavy atom. The summed E-state index contributed by atoms with van der Waals surface area (Å²) >= 11 is 0. The Kier molecular flexibility index (Phi) is 1.56. The van der Waals surface area contributed by atoms with Gasteiger partial charge in [0.2, 0.25) is 0 Å². The van der Waals surface area contributed by atoms with Gasteiger partial charge in [-0.05, 0) is 97.7 Å². The van der Waals surface area contributed by atoms with Gasteiger partial charge in [-0.15, -0.1) is 0 Å². The Morgan fingerprint density at radius 2 is 1.67 bits per heavy atom. The second-order valence-electron chi connectivity index (χ2n) is 8.87. The van der Waals surface area contributed by atoms with Crippen LogP contribution in [0.1, 0.15) is 57.8 Å². The van der Waals surface area contributed by atoms with E-state index in [1.807, 2.05) is 0 Å². The molecule has 9 atom stereocenters. The van der Waals surface area contributed by atoms with Crippen molar-refractivity contribution in [3.63, 3.8) is 0 Å². The van der Waals surface area contributed by atoms with Crippen LogP contribution in [0.15, 0.2) is 0 Å². The third kappa shape index (κ3) is 0.802. The summed E-state index contributed by atoms with van der Waals surface area (Å²) in [5.74, 6) is 9.79. The average molecular weight is 242 g/mol. The molecule has 0 aromatic carbocycles. The third-order valence-corrected chi connectivity index (χ3v) is 9.11. The Hall–Kier alpha value is 0. The molecular formula is C18H26. The first-order valence-corrected chi connectivity index (χ1v) is 8.90. The zero-order valence-corrected chi connectivity index (χ0v) is 11.5. The fraction of sp³-hybridized carbons (Fsp3) is 1.00. The van der Waals surface area contributed by atoms with Crippen LogP contribution in [0.25, 0.3) is 0 Å². The molecule has 0 aliphatic heterocycles. The highest BCUT2D eigenvalue weighted by atomic mass is 14.8. The highest BCUT2D eigenvalue weighted by molar-refractivity contribution is 5.22. The van der Waals surface area contributed by atoms with Gasteiger partial charge in [0, 0.05) is 0 Å². The molecule has 1 spiro atoms. The zero-order chi connectivity index (χ0) is 11.5. The molecule has 0 N–H and O–H groups in total. The smallest absolute Gasteiger partial charge is 0.0232 e. The molecule has 98 valence electrons. The van der Waals surface area contributed by atoms with E-state index in [9.17, 15) is 0 Å². The van der Waals surface area contributed by atoms with Crippen molar-refractivity contribution in [1.29, 1.82) is 0 Å². The van der Waals surface area contributed by atoms with Crippen molar-refractivity contribution in [2.24, 2.45) is 52.8 Å². The van der Waals surface area contributed by atoms with Gasteiger partial charge < -0.3 is 0 Å². The molecule has 6 fully saturated rings. The van der Waals surface area contributed by atoms with Gasteiger partial charge in [-0.2, -0.15) is 0 Å². The van der Waals surface area contributed by atoms with Crippen LogP contribution >= 0.6 is 0 Å². The quantitative estimate of drug-likeness (QED) is 0.587. The summed E-state index contributed by atoms with van der Waals surface area (Å²) in [6.45, 7) is 0. The number of hydrogen-bond acceptors (Lipinski definition) is 0. The minimum atomic E-state index is 0.919. The van der Waals surface area contributed by atoms with Gasteiger partial charge in [0.1, 0.15) is 0 Å². The van der Waals surface area contributed by atoms with Crippen molar-refractivity contribution in [3.05, 3.63) is 0 Å². The van der Waals surface area contributed by atoms with Gasteiger partial charge in [-0.3, -0.25) is 0 Å². The standard InChI is InChI=1S/C18H26/c1-3-11-12(4-1)15-14-5-2-7-18(14)8-6-10-9-13(11)16(15)17(10)18/h10-17H,1-9H2. The van der Waals surface area contributed by atoms with E-state index in [0.717, 1.165) is 5.41 Å². The van der Waals surface area contributed by atoms with E-state index < -0.39 is 0 Å². The maximum Gasteiger partial charge on any atom is -0.0232 e. The Balaban J connectivity index is 1.55. The van der Waals surface area contributed by atoms with E-state index in [0.29, 0.717) is 0 Å². The monoisotopic (exact) mass is 242 g/mol. The lowest BCUT2D eigenvalue weighted by molar-refractivity contribution is 0.146. The Morgan fingerprint density at radius 3 is 2.67 bits per heavy atom. The molecule has 0 bridgehead atoms. The van der Waals surface area contributed by atoms with E-state index in [1.165, 1.54) is 47.3 Å². The number of rotatable bonds is 0. The summed E-state index contributed by atoms with van der Waals surface area (Å²) in [4.78, 5) is 0. The van der Waals surface area contributed by atoms with Crippen molar-refractivity contribution in [1.82, 2.24) is 0 Å². The molecule has 0 nitrogen and oxygen atoms in total. The zero-order valence-electron chi connectivity index (χ0n) is 11.5. The van der Waals surface area contributed by atoms with E-state index >= 15 is 0 Å². The van der Waals surface area contributed by atoms with Crippen molar-refractivity contribution in [2.75, 3.05) is 0 Å². The fourth-order valence-electron chi connectivity index (χ4n) is 9.29. The maximum absolute atomic E-state index is 1.68. The molecule has 6 rings (SSSR count). The summed E-state index contributed by atoms with van der Waals surface area (Å²) < 4.78 is 0. The molecule has 0 heteroatoms. The lowest BCUT2D eigenvalue weighted by atomic mass is 9.71. The minimum absolute atomic E-state index is 0.919. The van der Waals surface area contributed by atoms with E-state index in [2.05, 4.69) is 0 Å². The molecule has 9 unspecified atom stereocenters. The predicted molar refractivity (Wildman–Crippen MR) is 71.9 cm³/mol. The van der Waals surface area contributed by atoms with Crippen LogP contribution in [-0.4, -0.2) is 0 Å². The van der Waals surface area contributed by atoms with Crippen LogP contribution < -0.4 is 0 Å². The van der Waals surface area contributed by atoms with Gasteiger partial charge in [0.05, 0.1) is 0 Å². The van der Waals surface area contributed by atoms with Crippen LogP contribution in [-0.2, 0) is 0 Å². The fourth-order valence-corrected chi connectivity index (χ4v) is 9.29. The molecule has 0 saturated heterocycles. The molecule has 0 aromatic rings. The summed E-state index contributed by atoms with van der Waals surface area (Å²) in [6, 6.07) is 0. The maximum atomic E-state index is 1.68. The van der Waals surface area contributed by atoms with Crippen LogP contribution in [0.3, 0.4) is 0 Å². The van der Waals surface area contributed by atoms with E-state index in [1.54, 1.807) is 57.8 Å². The first kappa shape index (κ1) is 9.83. The summed E-state index contributed by atoms with van der Waals surface area (Å²) in [7, 11) is 0. The van der Waals surface area contributed by atoms with Crippen molar-refractivity contribution >= 4 is 0 Å². The molecule has 0 heterocycles. The lowest BCUT2D eigenvalue weighted by Gasteiger charge is -2.33. The second-order valence-corrected chi connectivity index (χ2v) is 8.87. The van der Waals surface area contributed by atoms with Crippen LogP contribution in [0.2, 0.25) is 0 Å². The molecule has 18 heavy (non-hydrogen) atoms. The normalized spacial score (nSPS) is 70.7. The van der Waals surface area contributed by atoms with Crippen molar-refractivity contribution in [2.45, 2.75) is 57.8 Å². The van der Waals surface area contributed by atoms with Gasteiger partial charge >= 0.3 is 0 Å². The molecule has 0 amide bonds. The topological polar surface area (TPSA) is 0 Å². The van der Waals surface area contributed by atoms with Crippen LogP contribution in [0, 0.1) is 52.8 Å². The van der Waals surface area contributed by atoms with Gasteiger partial charge in [-0.1, -0.05) is 12.8 Å².